The van der Waals surface area contributed by atoms with E-state index in [1.807, 2.05) is 33.8 Å². The van der Waals surface area contributed by atoms with E-state index in [1.165, 1.54) is 11.0 Å². The van der Waals surface area contributed by atoms with Gasteiger partial charge in [-0.3, -0.25) is 4.79 Å². The van der Waals surface area contributed by atoms with Crippen molar-refractivity contribution in [2.75, 3.05) is 13.2 Å². The number of aromatic nitrogens is 2. The van der Waals surface area contributed by atoms with Crippen molar-refractivity contribution in [2.24, 2.45) is 0 Å². The first-order valence-electron chi connectivity index (χ1n) is 10.9. The minimum Gasteiger partial charge on any atom is -0.490 e. The number of carbonyl (C=O) groups excluding carboxylic acids is 1. The Morgan fingerprint density at radius 2 is 1.74 bits per heavy atom. The third kappa shape index (κ3) is 6.09. The summed E-state index contributed by atoms with van der Waals surface area (Å²) in [5, 5.41) is 3.19. The van der Waals surface area contributed by atoms with Gasteiger partial charge in [-0.2, -0.15) is 18.2 Å². The molecule has 7 nitrogen and oxygen atoms in total. The monoisotopic (exact) mass is 495 g/mol. The van der Waals surface area contributed by atoms with Gasteiger partial charge in [0.1, 0.15) is 5.82 Å². The molecule has 0 aliphatic rings. The molecule has 1 aromatic heterocycles. The summed E-state index contributed by atoms with van der Waals surface area (Å²) in [6.45, 7) is 8.47. The Labute approximate surface area is 199 Å². The smallest absolute Gasteiger partial charge is 0.471 e. The molecule has 188 valence electrons. The largest absolute Gasteiger partial charge is 0.490 e. The zero-order valence-electron chi connectivity index (χ0n) is 19.6. The van der Waals surface area contributed by atoms with Crippen LogP contribution in [0.2, 0.25) is 0 Å². The first-order valence-corrected chi connectivity index (χ1v) is 10.9. The van der Waals surface area contributed by atoms with E-state index in [1.54, 1.807) is 12.1 Å². The van der Waals surface area contributed by atoms with Gasteiger partial charge in [-0.25, -0.2) is 4.39 Å². The van der Waals surface area contributed by atoms with E-state index in [2.05, 4.69) is 14.7 Å². The van der Waals surface area contributed by atoms with Gasteiger partial charge in [0, 0.05) is 18.2 Å². The van der Waals surface area contributed by atoms with Gasteiger partial charge in [-0.1, -0.05) is 11.2 Å². The minimum absolute atomic E-state index is 0.0236. The number of rotatable bonds is 9. The van der Waals surface area contributed by atoms with Crippen LogP contribution in [0.15, 0.2) is 40.9 Å². The fourth-order valence-electron chi connectivity index (χ4n) is 3.32. The van der Waals surface area contributed by atoms with Crippen molar-refractivity contribution < 1.29 is 36.4 Å². The average molecular weight is 495 g/mol. The van der Waals surface area contributed by atoms with E-state index in [0.717, 1.165) is 17.7 Å². The quantitative estimate of drug-likeness (QED) is 0.352. The Morgan fingerprint density at radius 1 is 1.06 bits per heavy atom. The van der Waals surface area contributed by atoms with Crippen LogP contribution in [0.4, 0.5) is 17.6 Å². The highest BCUT2D eigenvalue weighted by atomic mass is 19.4. The van der Waals surface area contributed by atoms with Crippen LogP contribution in [0.1, 0.15) is 49.5 Å². The summed E-state index contributed by atoms with van der Waals surface area (Å²) in [5.41, 5.74) is 0.489. The molecule has 0 aliphatic heterocycles. The van der Waals surface area contributed by atoms with Crippen LogP contribution in [-0.4, -0.2) is 40.2 Å². The predicted octanol–water partition coefficient (Wildman–Crippen LogP) is 5.74. The second kappa shape index (κ2) is 10.7. The lowest BCUT2D eigenvalue weighted by atomic mass is 10.1. The van der Waals surface area contributed by atoms with E-state index in [4.69, 9.17) is 9.47 Å². The lowest BCUT2D eigenvalue weighted by Crippen LogP contribution is -2.36. The van der Waals surface area contributed by atoms with Gasteiger partial charge in [0.15, 0.2) is 11.5 Å². The molecule has 3 aromatic rings. The van der Waals surface area contributed by atoms with Crippen molar-refractivity contribution in [3.63, 3.8) is 0 Å². The molecule has 1 heterocycles. The molecule has 0 atom stereocenters. The third-order valence-electron chi connectivity index (χ3n) is 4.97. The van der Waals surface area contributed by atoms with Crippen LogP contribution in [-0.2, 0) is 12.7 Å². The van der Waals surface area contributed by atoms with Crippen molar-refractivity contribution in [2.45, 2.75) is 46.5 Å². The predicted molar refractivity (Wildman–Crippen MR) is 118 cm³/mol. The highest BCUT2D eigenvalue weighted by Crippen LogP contribution is 2.31. The fourth-order valence-corrected chi connectivity index (χ4v) is 3.32. The van der Waals surface area contributed by atoms with Crippen LogP contribution in [0, 0.1) is 5.82 Å². The molecule has 2 aromatic carbocycles. The minimum atomic E-state index is -4.85. The first kappa shape index (κ1) is 26.0. The maximum atomic E-state index is 14.7. The molecule has 0 saturated carbocycles. The normalized spacial score (nSPS) is 11.6. The number of ether oxygens (including phenoxy) is 2. The summed E-state index contributed by atoms with van der Waals surface area (Å²) in [4.78, 5) is 17.9. The Kier molecular flexibility index (Phi) is 7.98. The van der Waals surface area contributed by atoms with Crippen LogP contribution in [0.25, 0.3) is 11.4 Å². The molecule has 0 radical (unpaired) electrons. The number of hydrogen-bond donors (Lipinski definition) is 0. The van der Waals surface area contributed by atoms with Gasteiger partial charge < -0.3 is 18.9 Å². The van der Waals surface area contributed by atoms with E-state index in [-0.39, 0.29) is 23.7 Å². The molecule has 0 fully saturated rings. The Bertz CT molecular complexity index is 1180. The molecule has 0 bridgehead atoms. The van der Waals surface area contributed by atoms with Crippen LogP contribution in [0.3, 0.4) is 0 Å². The average Bonchev–Trinajstić information content (AvgIpc) is 3.29. The first-order chi connectivity index (χ1) is 16.5. The van der Waals surface area contributed by atoms with Crippen molar-refractivity contribution >= 4 is 5.91 Å². The number of alkyl halides is 3. The summed E-state index contributed by atoms with van der Waals surface area (Å²) in [6, 6.07) is 8.53. The van der Waals surface area contributed by atoms with Crippen LogP contribution in [0.5, 0.6) is 11.5 Å². The summed E-state index contributed by atoms with van der Waals surface area (Å²) in [5.74, 6) is -2.41. The van der Waals surface area contributed by atoms with Gasteiger partial charge in [0.05, 0.1) is 18.8 Å². The summed E-state index contributed by atoms with van der Waals surface area (Å²) >= 11 is 0. The van der Waals surface area contributed by atoms with E-state index < -0.39 is 29.6 Å². The number of carbonyl (C=O) groups is 1. The molecule has 0 N–H and O–H groups in total. The fraction of sp³-hybridized carbons (Fsp3) is 0.375. The molecular weight excluding hydrogens is 470 g/mol. The molecule has 0 saturated heterocycles. The SMILES string of the molecule is CCOc1ccc(CN(C(=O)c2ccc(-c3noc(C(F)(F)F)n3)c(F)c2)C(C)C)cc1OCC. The Hall–Kier alpha value is -3.63. The molecule has 11 heteroatoms. The van der Waals surface area contributed by atoms with Crippen molar-refractivity contribution in [1.29, 1.82) is 0 Å². The maximum absolute atomic E-state index is 14.7. The van der Waals surface area contributed by atoms with Crippen molar-refractivity contribution in [3.8, 4) is 22.9 Å². The number of nitrogens with zero attached hydrogens (tertiary/aromatic N) is 3. The number of amides is 1. The number of halogens is 4. The van der Waals surface area contributed by atoms with E-state index in [9.17, 15) is 22.4 Å². The van der Waals surface area contributed by atoms with Crippen molar-refractivity contribution in [1.82, 2.24) is 15.0 Å². The molecule has 0 spiro atoms. The molecule has 3 rings (SSSR count). The summed E-state index contributed by atoms with van der Waals surface area (Å²) < 4.78 is 68.2. The van der Waals surface area contributed by atoms with Gasteiger partial charge in [0.25, 0.3) is 5.91 Å². The number of hydrogen-bond acceptors (Lipinski definition) is 6. The second-order valence-electron chi connectivity index (χ2n) is 7.79. The topological polar surface area (TPSA) is 77.7 Å². The molecule has 1 amide bonds. The zero-order valence-corrected chi connectivity index (χ0v) is 19.6. The number of benzene rings is 2. The molecular formula is C24H25F4N3O4. The highest BCUT2D eigenvalue weighted by Gasteiger charge is 2.38. The van der Waals surface area contributed by atoms with Crippen molar-refractivity contribution in [3.05, 3.63) is 59.2 Å². The van der Waals surface area contributed by atoms with Gasteiger partial charge in [0.2, 0.25) is 5.82 Å². The lowest BCUT2D eigenvalue weighted by molar-refractivity contribution is -0.159. The van der Waals surface area contributed by atoms with Crippen LogP contribution >= 0.6 is 0 Å². The lowest BCUT2D eigenvalue weighted by Gasteiger charge is -2.27. The maximum Gasteiger partial charge on any atom is 0.471 e. The van der Waals surface area contributed by atoms with Gasteiger partial charge >= 0.3 is 12.1 Å². The highest BCUT2D eigenvalue weighted by molar-refractivity contribution is 5.94. The van der Waals surface area contributed by atoms with E-state index in [0.29, 0.717) is 24.7 Å². The standard InChI is InChI=1S/C24H25F4N3O4/c1-5-33-19-10-7-15(11-20(19)34-6-2)13-31(14(3)4)22(32)16-8-9-17(18(25)12-16)21-29-23(35-30-21)24(26,27)28/h7-12,14H,5-6,13H2,1-4H3. The summed E-state index contributed by atoms with van der Waals surface area (Å²) in [7, 11) is 0. The molecule has 0 aliphatic carbocycles. The van der Waals surface area contributed by atoms with E-state index >= 15 is 0 Å². The molecule has 0 unspecified atom stereocenters. The Balaban J connectivity index is 1.85. The second-order valence-corrected chi connectivity index (χ2v) is 7.79. The van der Waals surface area contributed by atoms with Gasteiger partial charge in [-0.05, 0) is 63.6 Å². The Morgan fingerprint density at radius 3 is 2.31 bits per heavy atom. The zero-order chi connectivity index (χ0) is 25.8. The van der Waals surface area contributed by atoms with Crippen LogP contribution < -0.4 is 9.47 Å². The van der Waals surface area contributed by atoms with Gasteiger partial charge in [-0.15, -0.1) is 0 Å². The molecule has 35 heavy (non-hydrogen) atoms. The third-order valence-corrected chi connectivity index (χ3v) is 4.97. The summed E-state index contributed by atoms with van der Waals surface area (Å²) in [6.07, 6.45) is -4.85.